The Morgan fingerprint density at radius 1 is 1.13 bits per heavy atom. The van der Waals surface area contributed by atoms with Gasteiger partial charge in [-0.1, -0.05) is 47.7 Å². The second-order valence-corrected chi connectivity index (χ2v) is 7.56. The fourth-order valence-corrected chi connectivity index (χ4v) is 3.97. The highest BCUT2D eigenvalue weighted by Gasteiger charge is 2.33. The van der Waals surface area contributed by atoms with Gasteiger partial charge in [-0.15, -0.1) is 5.10 Å². The van der Waals surface area contributed by atoms with Crippen molar-refractivity contribution < 1.29 is 15.1 Å². The number of hydrogen-bond donors (Lipinski definition) is 3. The first-order chi connectivity index (χ1) is 14.7. The zero-order valence-corrected chi connectivity index (χ0v) is 16.6. The van der Waals surface area contributed by atoms with Crippen LogP contribution in [0.5, 0.6) is 0 Å². The topological polar surface area (TPSA) is 104 Å². The number of carbonyl (C=O) groups excluding carboxylic acids is 1. The molecule has 1 amide bonds. The van der Waals surface area contributed by atoms with Gasteiger partial charge in [0.2, 0.25) is 0 Å². The number of likely N-dealkylation sites (tertiary alicyclic amines) is 1. The van der Waals surface area contributed by atoms with Gasteiger partial charge in [0, 0.05) is 30.3 Å². The molecule has 1 aliphatic heterocycles. The number of nitrogens with zero attached hydrogens (tertiary/aromatic N) is 4. The maximum absolute atomic E-state index is 11.5. The third-order valence-corrected chi connectivity index (χ3v) is 5.68. The Labute approximate surface area is 174 Å². The SMILES string of the molecule is O=C(NO)c1ccc(-c2cn([C@@H]3C[C@@H](CO)N(CCc4ccccc4)C3)nn2)cc1. The molecule has 2 atom stereocenters. The normalized spacial score (nSPS) is 19.1. The molecule has 1 aliphatic rings. The lowest BCUT2D eigenvalue weighted by Gasteiger charge is -2.22. The molecular formula is C22H25N5O3. The molecule has 0 unspecified atom stereocenters. The molecule has 4 rings (SSSR count). The van der Waals surface area contributed by atoms with E-state index in [1.807, 2.05) is 29.1 Å². The number of carbonyl (C=O) groups is 1. The summed E-state index contributed by atoms with van der Waals surface area (Å²) in [6.07, 6.45) is 3.67. The van der Waals surface area contributed by atoms with E-state index in [1.54, 1.807) is 29.7 Å². The third-order valence-electron chi connectivity index (χ3n) is 5.68. The number of rotatable bonds is 7. The van der Waals surface area contributed by atoms with Crippen LogP contribution in [0.3, 0.4) is 0 Å². The van der Waals surface area contributed by atoms with Crippen LogP contribution >= 0.6 is 0 Å². The van der Waals surface area contributed by atoms with Gasteiger partial charge in [0.15, 0.2) is 0 Å². The monoisotopic (exact) mass is 407 g/mol. The third kappa shape index (κ3) is 4.40. The van der Waals surface area contributed by atoms with Crippen molar-refractivity contribution in [1.82, 2.24) is 25.4 Å². The van der Waals surface area contributed by atoms with Gasteiger partial charge >= 0.3 is 0 Å². The molecule has 30 heavy (non-hydrogen) atoms. The second kappa shape index (κ2) is 9.17. The van der Waals surface area contributed by atoms with Gasteiger partial charge in [0.25, 0.3) is 5.91 Å². The Hall–Kier alpha value is -3.07. The number of hydrogen-bond acceptors (Lipinski definition) is 6. The molecule has 1 fully saturated rings. The molecule has 156 valence electrons. The predicted octanol–water partition coefficient (Wildman–Crippen LogP) is 1.91. The summed E-state index contributed by atoms with van der Waals surface area (Å²) in [7, 11) is 0. The molecule has 0 radical (unpaired) electrons. The molecule has 0 saturated carbocycles. The zero-order chi connectivity index (χ0) is 20.9. The van der Waals surface area contributed by atoms with Crippen molar-refractivity contribution in [2.75, 3.05) is 19.7 Å². The molecule has 2 heterocycles. The van der Waals surface area contributed by atoms with Crippen LogP contribution in [0.1, 0.15) is 28.4 Å². The number of amides is 1. The summed E-state index contributed by atoms with van der Waals surface area (Å²) in [5.41, 5.74) is 4.83. The first-order valence-corrected chi connectivity index (χ1v) is 10.0. The summed E-state index contributed by atoms with van der Waals surface area (Å²) >= 11 is 0. The lowest BCUT2D eigenvalue weighted by molar-refractivity contribution is 0.0706. The van der Waals surface area contributed by atoms with Crippen LogP contribution in [-0.4, -0.2) is 61.9 Å². The smallest absolute Gasteiger partial charge is 0.274 e. The molecule has 2 aromatic carbocycles. The number of benzene rings is 2. The number of hydroxylamine groups is 1. The average molecular weight is 407 g/mol. The first kappa shape index (κ1) is 20.2. The van der Waals surface area contributed by atoms with Crippen molar-refractivity contribution in [3.05, 3.63) is 71.9 Å². The molecule has 0 bridgehead atoms. The highest BCUT2D eigenvalue weighted by atomic mass is 16.5. The van der Waals surface area contributed by atoms with E-state index >= 15 is 0 Å². The highest BCUT2D eigenvalue weighted by molar-refractivity contribution is 5.93. The minimum Gasteiger partial charge on any atom is -0.395 e. The minimum absolute atomic E-state index is 0.114. The van der Waals surface area contributed by atoms with E-state index < -0.39 is 5.91 Å². The molecule has 8 heteroatoms. The Morgan fingerprint density at radius 3 is 2.60 bits per heavy atom. The van der Waals surface area contributed by atoms with Gasteiger partial charge in [-0.3, -0.25) is 14.9 Å². The first-order valence-electron chi connectivity index (χ1n) is 10.0. The van der Waals surface area contributed by atoms with Gasteiger partial charge in [-0.2, -0.15) is 0 Å². The summed E-state index contributed by atoms with van der Waals surface area (Å²) in [4.78, 5) is 13.8. The van der Waals surface area contributed by atoms with Crippen LogP contribution in [0.25, 0.3) is 11.3 Å². The van der Waals surface area contributed by atoms with Crippen molar-refractivity contribution in [2.24, 2.45) is 0 Å². The van der Waals surface area contributed by atoms with E-state index in [1.165, 1.54) is 5.56 Å². The second-order valence-electron chi connectivity index (χ2n) is 7.56. The van der Waals surface area contributed by atoms with E-state index in [-0.39, 0.29) is 18.7 Å². The van der Waals surface area contributed by atoms with E-state index in [0.29, 0.717) is 11.3 Å². The fourth-order valence-electron chi connectivity index (χ4n) is 3.97. The van der Waals surface area contributed by atoms with Crippen molar-refractivity contribution >= 4 is 5.91 Å². The van der Waals surface area contributed by atoms with E-state index in [0.717, 1.165) is 31.5 Å². The van der Waals surface area contributed by atoms with Crippen molar-refractivity contribution in [3.8, 4) is 11.3 Å². The van der Waals surface area contributed by atoms with Crippen LogP contribution in [0.15, 0.2) is 60.8 Å². The van der Waals surface area contributed by atoms with E-state index in [4.69, 9.17) is 5.21 Å². The molecular weight excluding hydrogens is 382 g/mol. The summed E-state index contributed by atoms with van der Waals surface area (Å²) in [6, 6.07) is 17.4. The average Bonchev–Trinajstić information content (AvgIpc) is 3.45. The van der Waals surface area contributed by atoms with E-state index in [2.05, 4.69) is 27.3 Å². The highest BCUT2D eigenvalue weighted by Crippen LogP contribution is 2.28. The van der Waals surface area contributed by atoms with Crippen LogP contribution in [0, 0.1) is 0 Å². The number of nitrogens with one attached hydrogen (secondary N) is 1. The molecule has 0 spiro atoms. The van der Waals surface area contributed by atoms with Crippen LogP contribution in [0.4, 0.5) is 0 Å². The quantitative estimate of drug-likeness (QED) is 0.408. The Morgan fingerprint density at radius 2 is 1.90 bits per heavy atom. The van der Waals surface area contributed by atoms with Gasteiger partial charge in [-0.25, -0.2) is 10.2 Å². The predicted molar refractivity (Wildman–Crippen MR) is 111 cm³/mol. The molecule has 8 nitrogen and oxygen atoms in total. The summed E-state index contributed by atoms with van der Waals surface area (Å²) in [5, 5.41) is 27.1. The van der Waals surface area contributed by atoms with E-state index in [9.17, 15) is 9.90 Å². The number of aliphatic hydroxyl groups is 1. The largest absolute Gasteiger partial charge is 0.395 e. The van der Waals surface area contributed by atoms with Crippen molar-refractivity contribution in [2.45, 2.75) is 24.9 Å². The summed E-state index contributed by atoms with van der Waals surface area (Å²) in [5.74, 6) is -0.554. The molecule has 1 saturated heterocycles. The fraction of sp³-hybridized carbons (Fsp3) is 0.318. The number of aliphatic hydroxyl groups excluding tert-OH is 1. The Balaban J connectivity index is 1.42. The lowest BCUT2D eigenvalue weighted by atomic mass is 10.1. The van der Waals surface area contributed by atoms with Crippen LogP contribution in [-0.2, 0) is 6.42 Å². The minimum atomic E-state index is -0.554. The molecule has 3 aromatic rings. The Kier molecular flexibility index (Phi) is 6.18. The molecule has 1 aromatic heterocycles. The van der Waals surface area contributed by atoms with Crippen LogP contribution in [0.2, 0.25) is 0 Å². The Bertz CT molecular complexity index is 974. The van der Waals surface area contributed by atoms with Gasteiger partial charge in [0.05, 0.1) is 18.8 Å². The summed E-state index contributed by atoms with van der Waals surface area (Å²) < 4.78 is 1.87. The maximum atomic E-state index is 11.5. The standard InChI is InChI=1S/C22H25N5O3/c28-15-20-12-19(13-26(20)11-10-16-4-2-1-3-5-16)27-14-21(23-25-27)17-6-8-18(9-7-17)22(29)24-30/h1-9,14,19-20,28,30H,10-13,15H2,(H,24,29)/t19-,20+/m1/s1. The number of aromatic nitrogens is 3. The van der Waals surface area contributed by atoms with Gasteiger partial charge in [0.1, 0.15) is 5.69 Å². The van der Waals surface area contributed by atoms with Gasteiger partial charge < -0.3 is 5.11 Å². The lowest BCUT2D eigenvalue weighted by Crippen LogP contribution is -2.34. The van der Waals surface area contributed by atoms with Crippen molar-refractivity contribution in [3.63, 3.8) is 0 Å². The maximum Gasteiger partial charge on any atom is 0.274 e. The molecule has 0 aliphatic carbocycles. The zero-order valence-electron chi connectivity index (χ0n) is 16.6. The van der Waals surface area contributed by atoms with Gasteiger partial charge in [-0.05, 0) is 30.5 Å². The summed E-state index contributed by atoms with van der Waals surface area (Å²) in [6.45, 7) is 1.83. The van der Waals surface area contributed by atoms with Crippen molar-refractivity contribution in [1.29, 1.82) is 0 Å². The molecule has 3 N–H and O–H groups in total. The van der Waals surface area contributed by atoms with Crippen LogP contribution < -0.4 is 5.48 Å².